The second-order valence-corrected chi connectivity index (χ2v) is 5.53. The maximum Gasteiger partial charge on any atom is 0.184 e. The Morgan fingerprint density at radius 2 is 2.00 bits per heavy atom. The van der Waals surface area contributed by atoms with E-state index >= 15 is 0 Å². The summed E-state index contributed by atoms with van der Waals surface area (Å²) < 4.78 is 5.42. The van der Waals surface area contributed by atoms with E-state index in [2.05, 4.69) is 4.98 Å². The van der Waals surface area contributed by atoms with Crippen molar-refractivity contribution in [1.82, 2.24) is 4.98 Å². The van der Waals surface area contributed by atoms with Crippen molar-refractivity contribution in [3.05, 3.63) is 35.3 Å². The first-order valence-corrected chi connectivity index (χ1v) is 7.76. The summed E-state index contributed by atoms with van der Waals surface area (Å²) in [6.07, 6.45) is 0.842. The third-order valence-electron chi connectivity index (χ3n) is 3.23. The Balaban J connectivity index is 2.18. The van der Waals surface area contributed by atoms with Crippen molar-refractivity contribution < 1.29 is 9.53 Å². The minimum absolute atomic E-state index is 0.0327. The second kappa shape index (κ2) is 6.66. The molecule has 1 unspecified atom stereocenters. The van der Waals surface area contributed by atoms with Crippen molar-refractivity contribution in [3.63, 3.8) is 0 Å². The predicted molar refractivity (Wildman–Crippen MR) is 82.5 cm³/mol. The van der Waals surface area contributed by atoms with E-state index in [0.29, 0.717) is 12.3 Å². The summed E-state index contributed by atoms with van der Waals surface area (Å²) in [7, 11) is 0. The summed E-state index contributed by atoms with van der Waals surface area (Å²) in [6.45, 7) is 6.58. The minimum atomic E-state index is 0.0327. The summed E-state index contributed by atoms with van der Waals surface area (Å²) in [5.74, 6) is 1.01. The molecule has 3 nitrogen and oxygen atoms in total. The molecule has 0 aliphatic rings. The van der Waals surface area contributed by atoms with Gasteiger partial charge in [-0.3, -0.25) is 4.79 Å². The molecule has 2 aromatic rings. The number of hydrogen-bond donors (Lipinski definition) is 0. The largest absolute Gasteiger partial charge is 0.494 e. The van der Waals surface area contributed by atoms with Gasteiger partial charge in [-0.05, 0) is 37.6 Å². The van der Waals surface area contributed by atoms with Gasteiger partial charge in [-0.2, -0.15) is 0 Å². The van der Waals surface area contributed by atoms with Crippen LogP contribution in [0.4, 0.5) is 0 Å². The van der Waals surface area contributed by atoms with Crippen molar-refractivity contribution in [3.8, 4) is 16.3 Å². The van der Waals surface area contributed by atoms with Crippen LogP contribution < -0.4 is 4.74 Å². The quantitative estimate of drug-likeness (QED) is 0.738. The molecule has 1 aromatic carbocycles. The molecule has 0 aliphatic carbocycles. The van der Waals surface area contributed by atoms with Crippen LogP contribution in [0.5, 0.6) is 5.75 Å². The van der Waals surface area contributed by atoms with Crippen molar-refractivity contribution in [2.45, 2.75) is 27.2 Å². The third kappa shape index (κ3) is 3.25. The highest BCUT2D eigenvalue weighted by Crippen LogP contribution is 2.26. The first kappa shape index (κ1) is 14.7. The lowest BCUT2D eigenvalue weighted by atomic mass is 10.0. The molecule has 0 amide bonds. The third-order valence-corrected chi connectivity index (χ3v) is 4.12. The molecular formula is C16H19NO2S. The number of ether oxygens (including phenoxy) is 1. The van der Waals surface area contributed by atoms with Gasteiger partial charge in [0, 0.05) is 16.9 Å². The smallest absolute Gasteiger partial charge is 0.184 e. The number of Topliss-reactive ketones (excluding diaryl/α,β-unsaturated/α-hetero) is 1. The first-order chi connectivity index (χ1) is 9.65. The summed E-state index contributed by atoms with van der Waals surface area (Å²) in [6, 6.07) is 7.80. The highest BCUT2D eigenvalue weighted by atomic mass is 32.1. The number of hydrogen-bond acceptors (Lipinski definition) is 4. The molecule has 0 spiro atoms. The molecule has 0 saturated carbocycles. The fourth-order valence-electron chi connectivity index (χ4n) is 1.82. The van der Waals surface area contributed by atoms with Crippen LogP contribution in [0.1, 0.15) is 37.7 Å². The van der Waals surface area contributed by atoms with Crippen LogP contribution in [-0.2, 0) is 0 Å². The van der Waals surface area contributed by atoms with Crippen molar-refractivity contribution in [2.24, 2.45) is 5.92 Å². The lowest BCUT2D eigenvalue weighted by molar-refractivity contribution is 0.0923. The molecule has 0 aliphatic heterocycles. The zero-order chi connectivity index (χ0) is 14.5. The van der Waals surface area contributed by atoms with Crippen molar-refractivity contribution in [1.29, 1.82) is 0 Å². The summed E-state index contributed by atoms with van der Waals surface area (Å²) >= 11 is 1.51. The Bertz CT molecular complexity index is 574. The predicted octanol–water partition coefficient (Wildman–Crippen LogP) is 4.44. The Morgan fingerprint density at radius 3 is 2.60 bits per heavy atom. The number of aromatic nitrogens is 1. The van der Waals surface area contributed by atoms with Gasteiger partial charge in [-0.25, -0.2) is 4.98 Å². The lowest BCUT2D eigenvalue weighted by Crippen LogP contribution is -2.10. The van der Waals surface area contributed by atoms with Gasteiger partial charge >= 0.3 is 0 Å². The van der Waals surface area contributed by atoms with Gasteiger partial charge in [0.05, 0.1) is 6.61 Å². The van der Waals surface area contributed by atoms with Gasteiger partial charge in [0.15, 0.2) is 5.78 Å². The van der Waals surface area contributed by atoms with Crippen LogP contribution in [-0.4, -0.2) is 17.4 Å². The normalized spacial score (nSPS) is 12.2. The number of carbonyl (C=O) groups is 1. The molecule has 20 heavy (non-hydrogen) atoms. The molecule has 2 rings (SSSR count). The van der Waals surface area contributed by atoms with E-state index in [1.54, 1.807) is 0 Å². The zero-order valence-electron chi connectivity index (χ0n) is 12.1. The zero-order valence-corrected chi connectivity index (χ0v) is 12.9. The van der Waals surface area contributed by atoms with Gasteiger partial charge in [0.1, 0.15) is 16.5 Å². The fraction of sp³-hybridized carbons (Fsp3) is 0.375. The molecule has 1 atom stereocenters. The molecule has 0 bridgehead atoms. The standard InChI is InChI=1S/C16H19NO2S/c1-4-11(3)15(18)14-10-20-16(17-14)12-6-8-13(9-7-12)19-5-2/h6-11H,4-5H2,1-3H3. The van der Waals surface area contributed by atoms with Gasteiger partial charge in [-0.1, -0.05) is 13.8 Å². The second-order valence-electron chi connectivity index (χ2n) is 4.67. The first-order valence-electron chi connectivity index (χ1n) is 6.88. The molecule has 106 valence electrons. The van der Waals surface area contributed by atoms with E-state index in [4.69, 9.17) is 4.74 Å². The average Bonchev–Trinajstić information content (AvgIpc) is 2.96. The van der Waals surface area contributed by atoms with E-state index in [9.17, 15) is 4.79 Å². The van der Waals surface area contributed by atoms with Crippen LogP contribution in [0.2, 0.25) is 0 Å². The van der Waals surface area contributed by atoms with E-state index < -0.39 is 0 Å². The summed E-state index contributed by atoms with van der Waals surface area (Å²) in [5.41, 5.74) is 1.59. The van der Waals surface area contributed by atoms with Gasteiger partial charge in [0.2, 0.25) is 0 Å². The van der Waals surface area contributed by atoms with Gasteiger partial charge in [0.25, 0.3) is 0 Å². The molecule has 0 radical (unpaired) electrons. The monoisotopic (exact) mass is 289 g/mol. The lowest BCUT2D eigenvalue weighted by Gasteiger charge is -2.04. The van der Waals surface area contributed by atoms with Crippen LogP contribution in [0, 0.1) is 5.92 Å². The molecule has 4 heteroatoms. The highest BCUT2D eigenvalue weighted by Gasteiger charge is 2.17. The molecule has 1 heterocycles. The topological polar surface area (TPSA) is 39.2 Å². The maximum absolute atomic E-state index is 12.1. The van der Waals surface area contributed by atoms with E-state index in [1.165, 1.54) is 11.3 Å². The van der Waals surface area contributed by atoms with Crippen LogP contribution >= 0.6 is 11.3 Å². The highest BCUT2D eigenvalue weighted by molar-refractivity contribution is 7.13. The molecule has 0 saturated heterocycles. The van der Waals surface area contributed by atoms with E-state index in [-0.39, 0.29) is 11.7 Å². The molecule has 1 aromatic heterocycles. The Morgan fingerprint density at radius 1 is 1.30 bits per heavy atom. The summed E-state index contributed by atoms with van der Waals surface area (Å²) in [4.78, 5) is 16.5. The van der Waals surface area contributed by atoms with Gasteiger partial charge in [-0.15, -0.1) is 11.3 Å². The van der Waals surface area contributed by atoms with Crippen molar-refractivity contribution >= 4 is 17.1 Å². The minimum Gasteiger partial charge on any atom is -0.494 e. The molecule has 0 N–H and O–H groups in total. The Labute approximate surface area is 123 Å². The van der Waals surface area contributed by atoms with Crippen LogP contribution in [0.25, 0.3) is 10.6 Å². The average molecular weight is 289 g/mol. The van der Waals surface area contributed by atoms with E-state index in [0.717, 1.165) is 22.7 Å². The number of carbonyl (C=O) groups excluding carboxylic acids is 1. The van der Waals surface area contributed by atoms with Crippen molar-refractivity contribution in [2.75, 3.05) is 6.61 Å². The SMILES string of the molecule is CCOc1ccc(-c2nc(C(=O)C(C)CC)cs2)cc1. The number of ketones is 1. The van der Waals surface area contributed by atoms with Crippen LogP contribution in [0.3, 0.4) is 0 Å². The number of rotatable bonds is 6. The number of thiazole rings is 1. The van der Waals surface area contributed by atoms with E-state index in [1.807, 2.05) is 50.4 Å². The van der Waals surface area contributed by atoms with Gasteiger partial charge < -0.3 is 4.74 Å². The molecular weight excluding hydrogens is 270 g/mol. The summed E-state index contributed by atoms with van der Waals surface area (Å²) in [5, 5.41) is 2.72. The molecule has 0 fully saturated rings. The fourth-order valence-corrected chi connectivity index (χ4v) is 2.63. The maximum atomic E-state index is 12.1. The Kier molecular flexibility index (Phi) is 4.90. The number of nitrogens with zero attached hydrogens (tertiary/aromatic N) is 1. The number of benzene rings is 1. The Hall–Kier alpha value is -1.68. The van der Waals surface area contributed by atoms with Crippen LogP contribution in [0.15, 0.2) is 29.6 Å².